The molecule has 3 heterocycles. The monoisotopic (exact) mass is 446 g/mol. The summed E-state index contributed by atoms with van der Waals surface area (Å²) < 4.78 is 0. The average molecular weight is 447 g/mol. The largest absolute Gasteiger partial charge is 0.334 e. The van der Waals surface area contributed by atoms with Gasteiger partial charge < -0.3 is 19.6 Å². The maximum atomic E-state index is 12.7. The molecule has 1 unspecified atom stereocenters. The van der Waals surface area contributed by atoms with E-state index >= 15 is 0 Å². The van der Waals surface area contributed by atoms with Gasteiger partial charge in [-0.1, -0.05) is 23.7 Å². The molecule has 3 aliphatic heterocycles. The zero-order chi connectivity index (χ0) is 22.0. The Morgan fingerprint density at radius 3 is 1.61 bits per heavy atom. The van der Waals surface area contributed by atoms with E-state index in [4.69, 9.17) is 11.6 Å². The highest BCUT2D eigenvalue weighted by Gasteiger charge is 2.36. The summed E-state index contributed by atoms with van der Waals surface area (Å²) in [6.45, 7) is 3.37. The lowest BCUT2D eigenvalue weighted by atomic mass is 9.99. The Labute approximate surface area is 186 Å². The highest BCUT2D eigenvalue weighted by molar-refractivity contribution is 6.36. The minimum Gasteiger partial charge on any atom is -0.334 e. The van der Waals surface area contributed by atoms with Crippen LogP contribution in [-0.2, 0) is 19.2 Å². The van der Waals surface area contributed by atoms with Gasteiger partial charge in [-0.2, -0.15) is 0 Å². The first kappa shape index (κ1) is 21.6. The second-order valence-electron chi connectivity index (χ2n) is 8.37. The van der Waals surface area contributed by atoms with Crippen LogP contribution in [-0.4, -0.2) is 95.6 Å². The van der Waals surface area contributed by atoms with Gasteiger partial charge in [-0.05, 0) is 37.0 Å². The van der Waals surface area contributed by atoms with Crippen LogP contribution in [0.3, 0.4) is 0 Å². The van der Waals surface area contributed by atoms with E-state index in [9.17, 15) is 19.2 Å². The number of halogens is 1. The molecule has 1 aromatic rings. The standard InChI is InChI=1S/C22H27ClN4O4/c23-18-5-3-16(4-6-18)17-7-10-27(15-17)22(31)21(30)26-13-11-25(12-14-26)20(29)19(28)24-8-1-2-9-24/h3-6,17H,1-2,7-15H2. The molecular weight excluding hydrogens is 420 g/mol. The Bertz CT molecular complexity index is 861. The first-order chi connectivity index (χ1) is 14.9. The van der Waals surface area contributed by atoms with Gasteiger partial charge in [0.1, 0.15) is 0 Å². The van der Waals surface area contributed by atoms with E-state index in [1.54, 1.807) is 9.80 Å². The number of piperazine rings is 1. The Kier molecular flexibility index (Phi) is 6.46. The lowest BCUT2D eigenvalue weighted by Gasteiger charge is -2.35. The van der Waals surface area contributed by atoms with Crippen LogP contribution in [0.5, 0.6) is 0 Å². The smallest absolute Gasteiger partial charge is 0.312 e. The average Bonchev–Trinajstić information content (AvgIpc) is 3.50. The topological polar surface area (TPSA) is 81.2 Å². The van der Waals surface area contributed by atoms with Crippen LogP contribution in [0, 0.1) is 0 Å². The second kappa shape index (κ2) is 9.26. The van der Waals surface area contributed by atoms with Crippen molar-refractivity contribution in [1.82, 2.24) is 19.6 Å². The molecule has 0 N–H and O–H groups in total. The van der Waals surface area contributed by atoms with Gasteiger partial charge in [0.15, 0.2) is 0 Å². The maximum absolute atomic E-state index is 12.7. The zero-order valence-corrected chi connectivity index (χ0v) is 18.2. The zero-order valence-electron chi connectivity index (χ0n) is 17.5. The summed E-state index contributed by atoms with van der Waals surface area (Å²) in [5.74, 6) is -1.80. The molecule has 3 fully saturated rings. The molecule has 4 amide bonds. The van der Waals surface area contributed by atoms with Crippen LogP contribution >= 0.6 is 11.6 Å². The van der Waals surface area contributed by atoms with Gasteiger partial charge in [-0.3, -0.25) is 19.2 Å². The van der Waals surface area contributed by atoms with Gasteiger partial charge in [-0.15, -0.1) is 0 Å². The van der Waals surface area contributed by atoms with Crippen LogP contribution in [0.15, 0.2) is 24.3 Å². The molecule has 0 bridgehead atoms. The van der Waals surface area contributed by atoms with E-state index < -0.39 is 23.6 Å². The number of amides is 4. The number of rotatable bonds is 1. The molecule has 0 saturated carbocycles. The molecule has 3 aliphatic rings. The van der Waals surface area contributed by atoms with Crippen molar-refractivity contribution >= 4 is 35.2 Å². The quantitative estimate of drug-likeness (QED) is 0.601. The number of hydrogen-bond donors (Lipinski definition) is 0. The predicted octanol–water partition coefficient (Wildman–Crippen LogP) is 0.949. The van der Waals surface area contributed by atoms with E-state index in [2.05, 4.69) is 0 Å². The molecule has 0 radical (unpaired) electrons. The van der Waals surface area contributed by atoms with Crippen molar-refractivity contribution < 1.29 is 19.2 Å². The Morgan fingerprint density at radius 1 is 0.645 bits per heavy atom. The molecule has 8 nitrogen and oxygen atoms in total. The van der Waals surface area contributed by atoms with E-state index in [0.717, 1.165) is 24.8 Å². The minimum atomic E-state index is -0.533. The number of benzene rings is 1. The number of carbonyl (C=O) groups is 4. The van der Waals surface area contributed by atoms with Crippen molar-refractivity contribution in [3.05, 3.63) is 34.9 Å². The van der Waals surface area contributed by atoms with E-state index in [1.807, 2.05) is 24.3 Å². The van der Waals surface area contributed by atoms with Crippen LogP contribution < -0.4 is 0 Å². The van der Waals surface area contributed by atoms with Crippen molar-refractivity contribution in [2.24, 2.45) is 0 Å². The normalized spacial score (nSPS) is 21.5. The molecule has 31 heavy (non-hydrogen) atoms. The van der Waals surface area contributed by atoms with Crippen LogP contribution in [0.25, 0.3) is 0 Å². The molecule has 9 heteroatoms. The summed E-state index contributed by atoms with van der Waals surface area (Å²) in [7, 11) is 0. The van der Waals surface area contributed by atoms with Crippen molar-refractivity contribution in [1.29, 1.82) is 0 Å². The van der Waals surface area contributed by atoms with Gasteiger partial charge >= 0.3 is 23.6 Å². The van der Waals surface area contributed by atoms with E-state index in [1.165, 1.54) is 9.80 Å². The van der Waals surface area contributed by atoms with Crippen LogP contribution in [0.1, 0.15) is 30.7 Å². The third-order valence-electron chi connectivity index (χ3n) is 6.43. The lowest BCUT2D eigenvalue weighted by Crippen LogP contribution is -2.56. The fraction of sp³-hybridized carbons (Fsp3) is 0.545. The fourth-order valence-electron chi connectivity index (χ4n) is 4.53. The van der Waals surface area contributed by atoms with Gasteiger partial charge in [0.25, 0.3) is 0 Å². The van der Waals surface area contributed by atoms with E-state index in [0.29, 0.717) is 31.2 Å². The lowest BCUT2D eigenvalue weighted by molar-refractivity contribution is -0.156. The van der Waals surface area contributed by atoms with E-state index in [-0.39, 0.29) is 32.1 Å². The maximum Gasteiger partial charge on any atom is 0.312 e. The number of hydrogen-bond acceptors (Lipinski definition) is 4. The first-order valence-corrected chi connectivity index (χ1v) is 11.2. The summed E-state index contributed by atoms with van der Waals surface area (Å²) in [5.41, 5.74) is 1.11. The molecule has 1 aromatic carbocycles. The Morgan fingerprint density at radius 2 is 1.10 bits per heavy atom. The van der Waals surface area contributed by atoms with Crippen LogP contribution in [0.4, 0.5) is 0 Å². The van der Waals surface area contributed by atoms with Gasteiger partial charge in [0.2, 0.25) is 0 Å². The van der Waals surface area contributed by atoms with Gasteiger partial charge in [0, 0.05) is 63.3 Å². The summed E-state index contributed by atoms with van der Waals surface area (Å²) in [6, 6.07) is 7.59. The van der Waals surface area contributed by atoms with Gasteiger partial charge in [0.05, 0.1) is 0 Å². The molecular formula is C22H27ClN4O4. The minimum absolute atomic E-state index is 0.195. The molecule has 166 valence electrons. The number of nitrogens with zero attached hydrogens (tertiary/aromatic N) is 4. The second-order valence-corrected chi connectivity index (χ2v) is 8.81. The first-order valence-electron chi connectivity index (χ1n) is 10.9. The Hall–Kier alpha value is -2.61. The summed E-state index contributed by atoms with van der Waals surface area (Å²) >= 11 is 5.94. The highest BCUT2D eigenvalue weighted by atomic mass is 35.5. The summed E-state index contributed by atoms with van der Waals surface area (Å²) in [5, 5.41) is 0.671. The summed E-state index contributed by atoms with van der Waals surface area (Å²) in [6.07, 6.45) is 2.67. The molecule has 1 atom stereocenters. The molecule has 0 aliphatic carbocycles. The third kappa shape index (κ3) is 4.69. The van der Waals surface area contributed by atoms with Crippen molar-refractivity contribution in [2.45, 2.75) is 25.2 Å². The molecule has 4 rings (SSSR count). The van der Waals surface area contributed by atoms with Crippen molar-refractivity contribution in [3.63, 3.8) is 0 Å². The SMILES string of the molecule is O=C(C(=O)N1CCN(C(=O)C(=O)N2CCC(c3ccc(Cl)cc3)C2)CC1)N1CCCC1. The van der Waals surface area contributed by atoms with Crippen LogP contribution in [0.2, 0.25) is 5.02 Å². The van der Waals surface area contributed by atoms with Crippen molar-refractivity contribution in [3.8, 4) is 0 Å². The fourth-order valence-corrected chi connectivity index (χ4v) is 4.65. The molecule has 3 saturated heterocycles. The molecule has 0 spiro atoms. The Balaban J connectivity index is 1.27. The highest BCUT2D eigenvalue weighted by Crippen LogP contribution is 2.28. The van der Waals surface area contributed by atoms with Gasteiger partial charge in [-0.25, -0.2) is 0 Å². The van der Waals surface area contributed by atoms with Crippen molar-refractivity contribution in [2.75, 3.05) is 52.4 Å². The number of carbonyl (C=O) groups excluding carboxylic acids is 4. The number of likely N-dealkylation sites (tertiary alicyclic amines) is 2. The third-order valence-corrected chi connectivity index (χ3v) is 6.68. The predicted molar refractivity (Wildman–Crippen MR) is 114 cm³/mol. The summed E-state index contributed by atoms with van der Waals surface area (Å²) in [4.78, 5) is 56.4. The molecule has 0 aromatic heterocycles.